The van der Waals surface area contributed by atoms with Gasteiger partial charge in [-0.2, -0.15) is 0 Å². The van der Waals surface area contributed by atoms with Crippen molar-refractivity contribution in [1.82, 2.24) is 10.2 Å². The minimum absolute atomic E-state index is 0.0225. The van der Waals surface area contributed by atoms with Crippen LogP contribution in [0, 0.1) is 0 Å². The summed E-state index contributed by atoms with van der Waals surface area (Å²) in [7, 11) is 0. The topological polar surface area (TPSA) is 67.9 Å². The molecule has 1 aromatic carbocycles. The van der Waals surface area contributed by atoms with Gasteiger partial charge in [0.1, 0.15) is 6.04 Å². The van der Waals surface area contributed by atoms with Crippen molar-refractivity contribution >= 4 is 11.8 Å². The molecule has 1 fully saturated rings. The smallest absolute Gasteiger partial charge is 0.242 e. The lowest BCUT2D eigenvalue weighted by Gasteiger charge is -2.24. The Bertz CT molecular complexity index is 588. The van der Waals surface area contributed by atoms with Crippen LogP contribution in [0.1, 0.15) is 31.7 Å². The highest BCUT2D eigenvalue weighted by molar-refractivity contribution is 5.90. The molecule has 22 heavy (non-hydrogen) atoms. The van der Waals surface area contributed by atoms with E-state index in [4.69, 9.17) is 9.47 Å². The molecular weight excluding hydrogens is 284 g/mol. The summed E-state index contributed by atoms with van der Waals surface area (Å²) in [6, 6.07) is 5.24. The van der Waals surface area contributed by atoms with Gasteiger partial charge in [-0.3, -0.25) is 9.59 Å². The Morgan fingerprint density at radius 2 is 2.18 bits per heavy atom. The Kier molecular flexibility index (Phi) is 4.18. The Hall–Kier alpha value is -2.24. The summed E-state index contributed by atoms with van der Waals surface area (Å²) >= 11 is 0. The van der Waals surface area contributed by atoms with Crippen molar-refractivity contribution in [2.24, 2.45) is 0 Å². The molecule has 1 atom stereocenters. The molecule has 2 aliphatic heterocycles. The van der Waals surface area contributed by atoms with E-state index in [0.29, 0.717) is 37.4 Å². The minimum Gasteiger partial charge on any atom is -0.454 e. The van der Waals surface area contributed by atoms with Crippen LogP contribution in [0.4, 0.5) is 0 Å². The average molecular weight is 304 g/mol. The van der Waals surface area contributed by atoms with Crippen molar-refractivity contribution in [2.75, 3.05) is 13.3 Å². The van der Waals surface area contributed by atoms with E-state index < -0.39 is 0 Å². The van der Waals surface area contributed by atoms with E-state index in [-0.39, 0.29) is 24.6 Å². The molecule has 118 valence electrons. The molecule has 6 heteroatoms. The second-order valence-electron chi connectivity index (χ2n) is 5.55. The summed E-state index contributed by atoms with van der Waals surface area (Å²) in [5.74, 6) is 1.37. The first-order valence-electron chi connectivity index (χ1n) is 7.64. The third kappa shape index (κ3) is 2.86. The van der Waals surface area contributed by atoms with Crippen LogP contribution in [0.2, 0.25) is 0 Å². The van der Waals surface area contributed by atoms with E-state index in [9.17, 15) is 9.59 Å². The van der Waals surface area contributed by atoms with E-state index in [0.717, 1.165) is 12.0 Å². The summed E-state index contributed by atoms with van der Waals surface area (Å²) in [6.07, 6.45) is 1.89. The minimum atomic E-state index is -0.371. The zero-order chi connectivity index (χ0) is 15.5. The van der Waals surface area contributed by atoms with Gasteiger partial charge in [-0.05, 0) is 30.5 Å². The van der Waals surface area contributed by atoms with E-state index in [1.54, 1.807) is 4.90 Å². The fourth-order valence-electron chi connectivity index (χ4n) is 2.81. The van der Waals surface area contributed by atoms with E-state index >= 15 is 0 Å². The van der Waals surface area contributed by atoms with Gasteiger partial charge in [0, 0.05) is 19.5 Å². The lowest BCUT2D eigenvalue weighted by atomic mass is 10.1. The second kappa shape index (κ2) is 6.25. The molecule has 6 nitrogen and oxygen atoms in total. The Balaban J connectivity index is 1.71. The highest BCUT2D eigenvalue weighted by Gasteiger charge is 2.35. The molecule has 1 N–H and O–H groups in total. The largest absolute Gasteiger partial charge is 0.454 e. The summed E-state index contributed by atoms with van der Waals surface area (Å²) in [4.78, 5) is 25.9. The molecule has 0 bridgehead atoms. The average Bonchev–Trinajstić information content (AvgIpc) is 3.12. The van der Waals surface area contributed by atoms with Crippen LogP contribution in [0.25, 0.3) is 0 Å². The first-order valence-corrected chi connectivity index (χ1v) is 7.64. The van der Waals surface area contributed by atoms with Crippen molar-refractivity contribution in [2.45, 2.75) is 38.8 Å². The van der Waals surface area contributed by atoms with Gasteiger partial charge in [-0.1, -0.05) is 13.0 Å². The lowest BCUT2D eigenvalue weighted by molar-refractivity contribution is -0.135. The number of hydrogen-bond acceptors (Lipinski definition) is 4. The number of benzene rings is 1. The Labute approximate surface area is 129 Å². The van der Waals surface area contributed by atoms with E-state index in [1.807, 2.05) is 25.1 Å². The maximum absolute atomic E-state index is 12.2. The van der Waals surface area contributed by atoms with Gasteiger partial charge in [0.15, 0.2) is 11.5 Å². The van der Waals surface area contributed by atoms with Crippen LogP contribution in [0.15, 0.2) is 18.2 Å². The van der Waals surface area contributed by atoms with Crippen molar-refractivity contribution in [3.05, 3.63) is 23.8 Å². The predicted molar refractivity (Wildman–Crippen MR) is 79.4 cm³/mol. The highest BCUT2D eigenvalue weighted by Crippen LogP contribution is 2.33. The van der Waals surface area contributed by atoms with Crippen molar-refractivity contribution in [3.63, 3.8) is 0 Å². The summed E-state index contributed by atoms with van der Waals surface area (Å²) in [5, 5.41) is 2.87. The zero-order valence-corrected chi connectivity index (χ0v) is 12.6. The molecule has 1 aromatic rings. The third-order valence-corrected chi connectivity index (χ3v) is 3.97. The third-order valence-electron chi connectivity index (χ3n) is 3.97. The number of likely N-dealkylation sites (tertiary alicyclic amines) is 1. The highest BCUT2D eigenvalue weighted by atomic mass is 16.7. The molecule has 1 saturated heterocycles. The molecule has 0 aliphatic carbocycles. The van der Waals surface area contributed by atoms with Crippen molar-refractivity contribution in [1.29, 1.82) is 0 Å². The maximum atomic E-state index is 12.2. The van der Waals surface area contributed by atoms with Gasteiger partial charge in [0.25, 0.3) is 0 Å². The molecule has 0 radical (unpaired) electrons. The first kappa shape index (κ1) is 14.7. The molecule has 0 aromatic heterocycles. The van der Waals surface area contributed by atoms with Gasteiger partial charge in [-0.25, -0.2) is 0 Å². The van der Waals surface area contributed by atoms with Crippen LogP contribution >= 0.6 is 0 Å². The molecule has 0 spiro atoms. The lowest BCUT2D eigenvalue weighted by Crippen LogP contribution is -2.44. The number of carbonyl (C=O) groups excluding carboxylic acids is 2. The number of carbonyl (C=O) groups is 2. The summed E-state index contributed by atoms with van der Waals surface area (Å²) < 4.78 is 10.6. The molecule has 0 unspecified atom stereocenters. The standard InChI is InChI=1S/C16H20N2O4/c1-2-7-17-16(20)12-4-6-15(19)18(12)9-11-3-5-13-14(8-11)22-10-21-13/h3,5,8,12H,2,4,6-7,9-10H2,1H3,(H,17,20)/t12-/m0/s1. The van der Waals surface area contributed by atoms with E-state index in [2.05, 4.69) is 5.32 Å². The monoisotopic (exact) mass is 304 g/mol. The fourth-order valence-corrected chi connectivity index (χ4v) is 2.81. The van der Waals surface area contributed by atoms with Crippen molar-refractivity contribution in [3.8, 4) is 11.5 Å². The summed E-state index contributed by atoms with van der Waals surface area (Å²) in [6.45, 7) is 3.29. The molecule has 2 heterocycles. The Morgan fingerprint density at radius 1 is 1.36 bits per heavy atom. The normalized spacial score (nSPS) is 19.6. The Morgan fingerprint density at radius 3 is 3.00 bits per heavy atom. The number of amides is 2. The molecular formula is C16H20N2O4. The van der Waals surface area contributed by atoms with Crippen LogP contribution in [0.5, 0.6) is 11.5 Å². The van der Waals surface area contributed by atoms with Gasteiger partial charge in [0.2, 0.25) is 18.6 Å². The number of fused-ring (bicyclic) bond motifs is 1. The van der Waals surface area contributed by atoms with E-state index in [1.165, 1.54) is 0 Å². The first-order chi connectivity index (χ1) is 10.7. The number of ether oxygens (including phenoxy) is 2. The molecule has 3 rings (SSSR count). The van der Waals surface area contributed by atoms with Crippen LogP contribution in [0.3, 0.4) is 0 Å². The number of nitrogens with one attached hydrogen (secondary N) is 1. The van der Waals surface area contributed by atoms with Crippen LogP contribution in [-0.2, 0) is 16.1 Å². The van der Waals surface area contributed by atoms with Gasteiger partial charge in [0.05, 0.1) is 0 Å². The zero-order valence-electron chi connectivity index (χ0n) is 12.6. The second-order valence-corrected chi connectivity index (χ2v) is 5.55. The fraction of sp³-hybridized carbons (Fsp3) is 0.500. The summed E-state index contributed by atoms with van der Waals surface area (Å²) in [5.41, 5.74) is 0.938. The molecule has 2 amide bonds. The SMILES string of the molecule is CCCNC(=O)[C@@H]1CCC(=O)N1Cc1ccc2c(c1)OCO2. The quantitative estimate of drug-likeness (QED) is 0.893. The number of hydrogen-bond donors (Lipinski definition) is 1. The number of rotatable bonds is 5. The van der Waals surface area contributed by atoms with Gasteiger partial charge < -0.3 is 19.7 Å². The molecule has 2 aliphatic rings. The van der Waals surface area contributed by atoms with Gasteiger partial charge >= 0.3 is 0 Å². The van der Waals surface area contributed by atoms with Gasteiger partial charge in [-0.15, -0.1) is 0 Å². The van der Waals surface area contributed by atoms with Crippen LogP contribution < -0.4 is 14.8 Å². The predicted octanol–water partition coefficient (Wildman–Crippen LogP) is 1.43. The number of nitrogens with zero attached hydrogens (tertiary/aromatic N) is 1. The van der Waals surface area contributed by atoms with Crippen LogP contribution in [-0.4, -0.2) is 36.1 Å². The van der Waals surface area contributed by atoms with Crippen molar-refractivity contribution < 1.29 is 19.1 Å². The molecule has 0 saturated carbocycles. The maximum Gasteiger partial charge on any atom is 0.242 e.